The molecule has 2 aliphatic rings. The molecule has 0 saturated heterocycles. The van der Waals surface area contributed by atoms with Crippen molar-refractivity contribution in [2.45, 2.75) is 59.3 Å². The van der Waals surface area contributed by atoms with Gasteiger partial charge in [-0.2, -0.15) is 0 Å². The van der Waals surface area contributed by atoms with E-state index >= 15 is 0 Å². The first-order valence-corrected chi connectivity index (χ1v) is 12.9. The summed E-state index contributed by atoms with van der Waals surface area (Å²) in [5.41, 5.74) is 0.555. The zero-order chi connectivity index (χ0) is 24.1. The Morgan fingerprint density at radius 1 is 0.879 bits per heavy atom. The Morgan fingerprint density at radius 2 is 1.36 bits per heavy atom. The summed E-state index contributed by atoms with van der Waals surface area (Å²) >= 11 is 4.87. The van der Waals surface area contributed by atoms with Crippen molar-refractivity contribution in [3.8, 4) is 10.6 Å². The molecule has 0 bridgehead atoms. The normalized spacial score (nSPS) is 21.8. The molecule has 1 heterocycles. The van der Waals surface area contributed by atoms with Gasteiger partial charge in [-0.25, -0.2) is 4.98 Å². The summed E-state index contributed by atoms with van der Waals surface area (Å²) in [6.07, 6.45) is 1.01. The van der Waals surface area contributed by atoms with E-state index in [0.717, 1.165) is 15.0 Å². The molecule has 2 aromatic rings. The van der Waals surface area contributed by atoms with E-state index in [0.29, 0.717) is 5.69 Å². The number of Topliss-reactive ketones (excluding diaryl/α,β-unsaturated/α-hetero) is 4. The Hall–Kier alpha value is -1.99. The minimum atomic E-state index is -1.01. The predicted octanol–water partition coefficient (Wildman–Crippen LogP) is 5.81. The van der Waals surface area contributed by atoms with Crippen LogP contribution in [0.3, 0.4) is 0 Å². The lowest BCUT2D eigenvalue weighted by Crippen LogP contribution is -2.48. The topological polar surface area (TPSA) is 81.2 Å². The molecule has 0 N–H and O–H groups in total. The van der Waals surface area contributed by atoms with Gasteiger partial charge in [-0.05, 0) is 23.0 Å². The zero-order valence-electron chi connectivity index (χ0n) is 19.3. The van der Waals surface area contributed by atoms with Crippen molar-refractivity contribution < 1.29 is 19.2 Å². The minimum Gasteiger partial charge on any atom is -0.299 e. The van der Waals surface area contributed by atoms with Gasteiger partial charge in [0, 0.05) is 47.0 Å². The van der Waals surface area contributed by atoms with Crippen molar-refractivity contribution in [3.63, 3.8) is 0 Å². The second-order valence-corrected chi connectivity index (χ2v) is 12.7. The van der Waals surface area contributed by atoms with Gasteiger partial charge in [0.2, 0.25) is 0 Å². The van der Waals surface area contributed by atoms with Gasteiger partial charge < -0.3 is 0 Å². The van der Waals surface area contributed by atoms with Gasteiger partial charge in [0.15, 0.2) is 0 Å². The van der Waals surface area contributed by atoms with E-state index in [2.05, 4.69) is 15.9 Å². The molecule has 5 nitrogen and oxygen atoms in total. The molecular formula is C26H28BrNO4S. The van der Waals surface area contributed by atoms with Gasteiger partial charge in [-0.1, -0.05) is 55.8 Å². The van der Waals surface area contributed by atoms with Crippen LogP contribution in [0, 0.1) is 22.7 Å². The standard InChI is InChI=1S/C26H28BrNO4S/c1-25(2)9-17(29)22(18(30)10-25)21(23-19(31)11-26(3,4)12-20(23)32)16-13-33-24(28-16)14-6-5-7-15(27)8-14/h5-8,13,21-23H,9-12H2,1-4H3. The monoisotopic (exact) mass is 529 g/mol. The SMILES string of the molecule is CC1(C)CC(=O)C(C(c2csc(-c3cccc(Br)c3)n2)C2C(=O)CC(C)(C)CC2=O)C(=O)C1. The molecule has 7 heteroatoms. The Kier molecular flexibility index (Phi) is 6.33. The van der Waals surface area contributed by atoms with E-state index in [1.165, 1.54) is 11.3 Å². The average Bonchev–Trinajstić information content (AvgIpc) is 3.13. The van der Waals surface area contributed by atoms with Crippen molar-refractivity contribution >= 4 is 50.4 Å². The lowest BCUT2D eigenvalue weighted by atomic mass is 9.60. The van der Waals surface area contributed by atoms with Gasteiger partial charge >= 0.3 is 0 Å². The number of aromatic nitrogens is 1. The van der Waals surface area contributed by atoms with Gasteiger partial charge in [0.05, 0.1) is 17.5 Å². The number of thiazole rings is 1. The van der Waals surface area contributed by atoms with Gasteiger partial charge in [0.1, 0.15) is 28.1 Å². The molecule has 174 valence electrons. The number of rotatable bonds is 4. The van der Waals surface area contributed by atoms with Crippen LogP contribution in [-0.2, 0) is 19.2 Å². The fourth-order valence-corrected chi connectivity index (χ4v) is 6.60. The van der Waals surface area contributed by atoms with Gasteiger partial charge in [0.25, 0.3) is 0 Å². The van der Waals surface area contributed by atoms with E-state index in [9.17, 15) is 19.2 Å². The largest absolute Gasteiger partial charge is 0.299 e. The maximum absolute atomic E-state index is 13.3. The third-order valence-electron chi connectivity index (χ3n) is 6.65. The first kappa shape index (κ1) is 24.1. The first-order chi connectivity index (χ1) is 15.4. The van der Waals surface area contributed by atoms with E-state index < -0.39 is 28.6 Å². The van der Waals surface area contributed by atoms with Crippen molar-refractivity contribution in [2.75, 3.05) is 0 Å². The molecule has 1 aromatic carbocycles. The number of nitrogens with zero attached hydrogens (tertiary/aromatic N) is 1. The van der Waals surface area contributed by atoms with E-state index in [-0.39, 0.29) is 48.8 Å². The Bertz CT molecular complexity index is 1060. The van der Waals surface area contributed by atoms with Crippen LogP contribution in [-0.4, -0.2) is 28.1 Å². The molecule has 0 aliphatic heterocycles. The molecule has 2 saturated carbocycles. The van der Waals surface area contributed by atoms with E-state index in [1.807, 2.05) is 57.3 Å². The summed E-state index contributed by atoms with van der Waals surface area (Å²) in [6.45, 7) is 7.62. The summed E-state index contributed by atoms with van der Waals surface area (Å²) in [5, 5.41) is 2.53. The molecule has 0 spiro atoms. The summed E-state index contributed by atoms with van der Waals surface area (Å²) in [6, 6.07) is 7.70. The molecule has 1 aromatic heterocycles. The van der Waals surface area contributed by atoms with E-state index in [1.54, 1.807) is 0 Å². The first-order valence-electron chi connectivity index (χ1n) is 11.2. The Labute approximate surface area is 206 Å². The highest BCUT2D eigenvalue weighted by Crippen LogP contribution is 2.47. The number of hydrogen-bond donors (Lipinski definition) is 0. The molecule has 0 radical (unpaired) electrons. The predicted molar refractivity (Wildman–Crippen MR) is 131 cm³/mol. The zero-order valence-corrected chi connectivity index (χ0v) is 21.7. The maximum atomic E-state index is 13.3. The second-order valence-electron chi connectivity index (χ2n) is 11.0. The summed E-state index contributed by atoms with van der Waals surface area (Å²) < 4.78 is 0.910. The third-order valence-corrected chi connectivity index (χ3v) is 8.05. The number of carbonyl (C=O) groups is 4. The quantitative estimate of drug-likeness (QED) is 0.467. The molecular weight excluding hydrogens is 502 g/mol. The maximum Gasteiger partial charge on any atom is 0.144 e. The highest BCUT2D eigenvalue weighted by Gasteiger charge is 2.52. The van der Waals surface area contributed by atoms with Crippen molar-refractivity contribution in [2.24, 2.45) is 22.7 Å². The van der Waals surface area contributed by atoms with Crippen molar-refractivity contribution in [1.29, 1.82) is 0 Å². The third kappa shape index (κ3) is 4.94. The minimum absolute atomic E-state index is 0.191. The summed E-state index contributed by atoms with van der Waals surface area (Å²) in [5.74, 6) is -3.61. The molecule has 2 fully saturated rings. The number of hydrogen-bond acceptors (Lipinski definition) is 6. The number of carbonyl (C=O) groups excluding carboxylic acids is 4. The highest BCUT2D eigenvalue weighted by atomic mass is 79.9. The average molecular weight is 530 g/mol. The van der Waals surface area contributed by atoms with Crippen LogP contribution in [0.15, 0.2) is 34.1 Å². The van der Waals surface area contributed by atoms with Gasteiger partial charge in [-0.15, -0.1) is 11.3 Å². The van der Waals surface area contributed by atoms with Crippen LogP contribution in [0.25, 0.3) is 10.6 Å². The number of halogens is 1. The van der Waals surface area contributed by atoms with Crippen molar-refractivity contribution in [1.82, 2.24) is 4.98 Å². The molecule has 0 atom stereocenters. The van der Waals surface area contributed by atoms with Crippen LogP contribution in [0.5, 0.6) is 0 Å². The molecule has 0 amide bonds. The molecule has 2 aliphatic carbocycles. The van der Waals surface area contributed by atoms with E-state index in [4.69, 9.17) is 4.98 Å². The lowest BCUT2D eigenvalue weighted by Gasteiger charge is -2.40. The highest BCUT2D eigenvalue weighted by molar-refractivity contribution is 9.10. The fourth-order valence-electron chi connectivity index (χ4n) is 5.34. The van der Waals surface area contributed by atoms with Crippen LogP contribution < -0.4 is 0 Å². The Morgan fingerprint density at radius 3 is 1.82 bits per heavy atom. The Balaban J connectivity index is 1.79. The van der Waals surface area contributed by atoms with Crippen LogP contribution in [0.2, 0.25) is 0 Å². The summed E-state index contributed by atoms with van der Waals surface area (Å²) in [7, 11) is 0. The van der Waals surface area contributed by atoms with Crippen molar-refractivity contribution in [3.05, 3.63) is 39.8 Å². The van der Waals surface area contributed by atoms with Gasteiger partial charge in [-0.3, -0.25) is 19.2 Å². The molecule has 0 unspecified atom stereocenters. The smallest absolute Gasteiger partial charge is 0.144 e. The van der Waals surface area contributed by atoms with Crippen LogP contribution in [0.1, 0.15) is 65.0 Å². The number of benzene rings is 1. The summed E-state index contributed by atoms with van der Waals surface area (Å²) in [4.78, 5) is 57.8. The number of ketones is 4. The molecule has 33 heavy (non-hydrogen) atoms. The lowest BCUT2D eigenvalue weighted by molar-refractivity contribution is -0.145. The molecule has 4 rings (SSSR count). The van der Waals surface area contributed by atoms with Crippen LogP contribution in [0.4, 0.5) is 0 Å². The fraction of sp³-hybridized carbons (Fsp3) is 0.500. The van der Waals surface area contributed by atoms with Crippen LogP contribution >= 0.6 is 27.3 Å². The second kappa shape index (κ2) is 8.66.